The van der Waals surface area contributed by atoms with E-state index < -0.39 is 0 Å². The molecular weight excluding hydrogens is 296 g/mol. The molecule has 0 bridgehead atoms. The fourth-order valence-electron chi connectivity index (χ4n) is 3.00. The Balaban J connectivity index is 1.73. The lowest BCUT2D eigenvalue weighted by Crippen LogP contribution is -2.52. The summed E-state index contributed by atoms with van der Waals surface area (Å²) >= 11 is 0. The van der Waals surface area contributed by atoms with Gasteiger partial charge in [0.1, 0.15) is 6.61 Å². The van der Waals surface area contributed by atoms with Crippen LogP contribution in [0.5, 0.6) is 0 Å². The molecule has 6 nitrogen and oxygen atoms in total. The second kappa shape index (κ2) is 7.10. The third-order valence-corrected chi connectivity index (χ3v) is 4.28. The summed E-state index contributed by atoms with van der Waals surface area (Å²) in [6, 6.07) is 9.78. The van der Waals surface area contributed by atoms with Crippen molar-refractivity contribution in [1.29, 1.82) is 0 Å². The lowest BCUT2D eigenvalue weighted by molar-refractivity contribution is -0.154. The summed E-state index contributed by atoms with van der Waals surface area (Å²) < 4.78 is 10.9. The van der Waals surface area contributed by atoms with Gasteiger partial charge in [0.15, 0.2) is 0 Å². The molecule has 0 saturated carbocycles. The summed E-state index contributed by atoms with van der Waals surface area (Å²) in [5, 5.41) is 0. The number of ether oxygens (including phenoxy) is 2. The van der Waals surface area contributed by atoms with Crippen LogP contribution in [0, 0.1) is 0 Å². The highest BCUT2D eigenvalue weighted by molar-refractivity contribution is 5.86. The van der Waals surface area contributed by atoms with Crippen molar-refractivity contribution in [2.24, 2.45) is 0 Å². The van der Waals surface area contributed by atoms with E-state index in [2.05, 4.69) is 0 Å². The van der Waals surface area contributed by atoms with Crippen molar-refractivity contribution >= 4 is 11.8 Å². The van der Waals surface area contributed by atoms with Gasteiger partial charge in [-0.3, -0.25) is 9.59 Å². The third-order valence-electron chi connectivity index (χ3n) is 4.28. The van der Waals surface area contributed by atoms with Crippen LogP contribution in [0.15, 0.2) is 30.3 Å². The van der Waals surface area contributed by atoms with Crippen LogP contribution in [0.1, 0.15) is 18.5 Å². The zero-order valence-corrected chi connectivity index (χ0v) is 13.3. The van der Waals surface area contributed by atoms with Gasteiger partial charge in [-0.1, -0.05) is 30.3 Å². The predicted octanol–water partition coefficient (Wildman–Crippen LogP) is 0.834. The largest absolute Gasteiger partial charge is 0.374 e. The molecule has 2 amide bonds. The molecule has 0 aromatic heterocycles. The molecule has 124 valence electrons. The van der Waals surface area contributed by atoms with Crippen molar-refractivity contribution in [3.8, 4) is 0 Å². The molecule has 1 aromatic rings. The maximum absolute atomic E-state index is 12.8. The molecule has 2 heterocycles. The second-order valence-corrected chi connectivity index (χ2v) is 5.98. The van der Waals surface area contributed by atoms with Gasteiger partial charge in [-0.25, -0.2) is 0 Å². The number of hydrogen-bond acceptors (Lipinski definition) is 4. The Labute approximate surface area is 136 Å². The van der Waals surface area contributed by atoms with E-state index in [1.165, 1.54) is 0 Å². The van der Waals surface area contributed by atoms with Crippen molar-refractivity contribution in [2.45, 2.75) is 19.1 Å². The molecule has 2 fully saturated rings. The zero-order chi connectivity index (χ0) is 16.2. The minimum Gasteiger partial charge on any atom is -0.374 e. The number of amides is 2. The topological polar surface area (TPSA) is 59.1 Å². The standard InChI is InChI=1S/C17H22N2O4/c1-13-9-19(15(11-23-13)14-5-3-2-4-6-14)16(20)10-18-7-8-22-12-17(18)21/h2-6,13,15H,7-12H2,1H3/t13-,15-/m1/s1. The maximum atomic E-state index is 12.8. The SMILES string of the molecule is C[C@@H]1CN(C(=O)CN2CCOCC2=O)[C@@H](c2ccccc2)CO1. The smallest absolute Gasteiger partial charge is 0.249 e. The monoisotopic (exact) mass is 318 g/mol. The van der Waals surface area contributed by atoms with Crippen LogP contribution in [0.3, 0.4) is 0 Å². The van der Waals surface area contributed by atoms with E-state index in [9.17, 15) is 9.59 Å². The van der Waals surface area contributed by atoms with Gasteiger partial charge < -0.3 is 19.3 Å². The fraction of sp³-hybridized carbons (Fsp3) is 0.529. The maximum Gasteiger partial charge on any atom is 0.249 e. The summed E-state index contributed by atoms with van der Waals surface area (Å²) in [7, 11) is 0. The highest BCUT2D eigenvalue weighted by Gasteiger charge is 2.33. The lowest BCUT2D eigenvalue weighted by atomic mass is 10.0. The summed E-state index contributed by atoms with van der Waals surface area (Å²) in [5.74, 6) is -0.161. The Bertz CT molecular complexity index is 563. The number of hydrogen-bond donors (Lipinski definition) is 0. The van der Waals surface area contributed by atoms with Crippen LogP contribution in [0.2, 0.25) is 0 Å². The Hall–Kier alpha value is -1.92. The van der Waals surface area contributed by atoms with Gasteiger partial charge in [-0.15, -0.1) is 0 Å². The van der Waals surface area contributed by atoms with E-state index in [4.69, 9.17) is 9.47 Å². The van der Waals surface area contributed by atoms with Gasteiger partial charge in [0.05, 0.1) is 31.9 Å². The first kappa shape index (κ1) is 16.0. The minimum absolute atomic E-state index is 0.000645. The first-order valence-electron chi connectivity index (χ1n) is 7.96. The Kier molecular flexibility index (Phi) is 4.93. The van der Waals surface area contributed by atoms with Crippen LogP contribution in [0.25, 0.3) is 0 Å². The van der Waals surface area contributed by atoms with Gasteiger partial charge in [0, 0.05) is 13.1 Å². The molecule has 3 rings (SSSR count). The van der Waals surface area contributed by atoms with Gasteiger partial charge >= 0.3 is 0 Å². The van der Waals surface area contributed by atoms with E-state index in [0.717, 1.165) is 5.56 Å². The van der Waals surface area contributed by atoms with Crippen molar-refractivity contribution in [3.63, 3.8) is 0 Å². The summed E-state index contributed by atoms with van der Waals surface area (Å²) in [5.41, 5.74) is 1.06. The number of nitrogens with zero attached hydrogens (tertiary/aromatic N) is 2. The van der Waals surface area contributed by atoms with Crippen LogP contribution in [-0.4, -0.2) is 67.2 Å². The molecule has 0 unspecified atom stereocenters. The predicted molar refractivity (Wildman–Crippen MR) is 83.7 cm³/mol. The minimum atomic E-state index is -0.123. The first-order valence-corrected chi connectivity index (χ1v) is 7.96. The zero-order valence-electron chi connectivity index (χ0n) is 13.3. The second-order valence-electron chi connectivity index (χ2n) is 5.98. The number of carbonyl (C=O) groups is 2. The molecule has 2 atom stereocenters. The van der Waals surface area contributed by atoms with Gasteiger partial charge in [0.2, 0.25) is 11.8 Å². The molecule has 0 spiro atoms. The van der Waals surface area contributed by atoms with Gasteiger partial charge in [0.25, 0.3) is 0 Å². The van der Waals surface area contributed by atoms with E-state index in [1.807, 2.05) is 42.2 Å². The number of benzene rings is 1. The molecule has 2 aliphatic rings. The lowest BCUT2D eigenvalue weighted by Gasteiger charge is -2.40. The van der Waals surface area contributed by atoms with E-state index >= 15 is 0 Å². The molecule has 0 N–H and O–H groups in total. The molecule has 2 saturated heterocycles. The normalized spacial score (nSPS) is 25.5. The number of morpholine rings is 2. The molecule has 0 aliphatic carbocycles. The van der Waals surface area contributed by atoms with Crippen LogP contribution < -0.4 is 0 Å². The van der Waals surface area contributed by atoms with Gasteiger partial charge in [-0.05, 0) is 12.5 Å². The van der Waals surface area contributed by atoms with Crippen LogP contribution in [0.4, 0.5) is 0 Å². The van der Waals surface area contributed by atoms with Crippen molar-refractivity contribution in [1.82, 2.24) is 9.80 Å². The molecule has 6 heteroatoms. The third kappa shape index (κ3) is 3.71. The molecule has 2 aliphatic heterocycles. The quantitative estimate of drug-likeness (QED) is 0.828. The highest BCUT2D eigenvalue weighted by atomic mass is 16.5. The average Bonchev–Trinajstić information content (AvgIpc) is 2.57. The summed E-state index contributed by atoms with van der Waals surface area (Å²) in [6.45, 7) is 4.11. The molecular formula is C17H22N2O4. The van der Waals surface area contributed by atoms with E-state index in [0.29, 0.717) is 26.3 Å². The molecule has 1 aromatic carbocycles. The fourth-order valence-corrected chi connectivity index (χ4v) is 3.00. The first-order chi connectivity index (χ1) is 11.1. The number of carbonyl (C=O) groups excluding carboxylic acids is 2. The van der Waals surface area contributed by atoms with E-state index in [-0.39, 0.29) is 37.1 Å². The Morgan fingerprint density at radius 1 is 1.30 bits per heavy atom. The Morgan fingerprint density at radius 2 is 2.09 bits per heavy atom. The van der Waals surface area contributed by atoms with Crippen LogP contribution in [-0.2, 0) is 19.1 Å². The van der Waals surface area contributed by atoms with Crippen molar-refractivity contribution in [2.75, 3.05) is 39.5 Å². The van der Waals surface area contributed by atoms with E-state index in [1.54, 1.807) is 4.90 Å². The Morgan fingerprint density at radius 3 is 2.83 bits per heavy atom. The average molecular weight is 318 g/mol. The molecule has 23 heavy (non-hydrogen) atoms. The van der Waals surface area contributed by atoms with Crippen LogP contribution >= 0.6 is 0 Å². The summed E-state index contributed by atoms with van der Waals surface area (Å²) in [4.78, 5) is 28.0. The van der Waals surface area contributed by atoms with Crippen molar-refractivity contribution in [3.05, 3.63) is 35.9 Å². The van der Waals surface area contributed by atoms with Crippen molar-refractivity contribution < 1.29 is 19.1 Å². The summed E-state index contributed by atoms with van der Waals surface area (Å²) in [6.07, 6.45) is -0.000645. The van der Waals surface area contributed by atoms with Gasteiger partial charge in [-0.2, -0.15) is 0 Å². The number of rotatable bonds is 3. The molecule has 0 radical (unpaired) electrons. The highest BCUT2D eigenvalue weighted by Crippen LogP contribution is 2.26.